The zero-order chi connectivity index (χ0) is 16.6. The summed E-state index contributed by atoms with van der Waals surface area (Å²) in [5, 5.41) is 2.01. The molecule has 0 saturated carbocycles. The SMILES string of the molecule is Cc1ccsc1C(=O)N1CC[C@@]2(CCCN(c3ccccn3)C2)C1. The maximum absolute atomic E-state index is 12.8. The maximum Gasteiger partial charge on any atom is 0.264 e. The number of pyridine rings is 1. The van der Waals surface area contributed by atoms with E-state index in [1.165, 1.54) is 12.8 Å². The number of aryl methyl sites for hydroxylation is 1. The Balaban J connectivity index is 1.49. The lowest BCUT2D eigenvalue weighted by molar-refractivity contribution is 0.0771. The lowest BCUT2D eigenvalue weighted by Crippen LogP contribution is -2.45. The summed E-state index contributed by atoms with van der Waals surface area (Å²) >= 11 is 1.57. The van der Waals surface area contributed by atoms with Crippen molar-refractivity contribution in [2.45, 2.75) is 26.2 Å². The van der Waals surface area contributed by atoms with Crippen molar-refractivity contribution >= 4 is 23.1 Å². The number of hydrogen-bond donors (Lipinski definition) is 0. The van der Waals surface area contributed by atoms with E-state index >= 15 is 0 Å². The molecule has 1 spiro atoms. The highest BCUT2D eigenvalue weighted by molar-refractivity contribution is 7.12. The largest absolute Gasteiger partial charge is 0.356 e. The molecule has 2 aliphatic heterocycles. The van der Waals surface area contributed by atoms with Crippen molar-refractivity contribution in [3.8, 4) is 0 Å². The third-order valence-electron chi connectivity index (χ3n) is 5.42. The average Bonchev–Trinajstić information content (AvgIpc) is 3.22. The summed E-state index contributed by atoms with van der Waals surface area (Å²) in [6, 6.07) is 8.13. The van der Waals surface area contributed by atoms with Crippen molar-refractivity contribution in [1.82, 2.24) is 9.88 Å². The van der Waals surface area contributed by atoms with Crippen LogP contribution in [0.2, 0.25) is 0 Å². The second kappa shape index (κ2) is 6.20. The number of likely N-dealkylation sites (tertiary alicyclic amines) is 1. The summed E-state index contributed by atoms with van der Waals surface area (Å²) < 4.78 is 0. The molecule has 4 nitrogen and oxygen atoms in total. The first-order chi connectivity index (χ1) is 11.7. The molecule has 126 valence electrons. The van der Waals surface area contributed by atoms with Crippen LogP contribution in [0.15, 0.2) is 35.8 Å². The van der Waals surface area contributed by atoms with Gasteiger partial charge >= 0.3 is 0 Å². The van der Waals surface area contributed by atoms with E-state index in [4.69, 9.17) is 0 Å². The van der Waals surface area contributed by atoms with Gasteiger partial charge in [0.05, 0.1) is 4.88 Å². The van der Waals surface area contributed by atoms with Crippen molar-refractivity contribution < 1.29 is 4.79 Å². The molecule has 2 aliphatic rings. The van der Waals surface area contributed by atoms with Crippen LogP contribution in [0.4, 0.5) is 5.82 Å². The Morgan fingerprint density at radius 3 is 2.88 bits per heavy atom. The van der Waals surface area contributed by atoms with Gasteiger partial charge < -0.3 is 9.80 Å². The van der Waals surface area contributed by atoms with Crippen molar-refractivity contribution in [2.24, 2.45) is 5.41 Å². The molecular formula is C19H23N3OS. The van der Waals surface area contributed by atoms with Gasteiger partial charge in [-0.25, -0.2) is 4.98 Å². The highest BCUT2D eigenvalue weighted by Crippen LogP contribution is 2.40. The van der Waals surface area contributed by atoms with Crippen LogP contribution < -0.4 is 4.90 Å². The Kier molecular flexibility index (Phi) is 4.04. The molecule has 0 bridgehead atoms. The minimum absolute atomic E-state index is 0.217. The molecule has 1 atom stereocenters. The Hall–Kier alpha value is -1.88. The molecule has 0 unspecified atom stereocenters. The van der Waals surface area contributed by atoms with E-state index in [1.54, 1.807) is 11.3 Å². The smallest absolute Gasteiger partial charge is 0.264 e. The van der Waals surface area contributed by atoms with E-state index in [0.29, 0.717) is 0 Å². The number of piperidine rings is 1. The molecule has 2 aromatic rings. The highest BCUT2D eigenvalue weighted by Gasteiger charge is 2.43. The molecule has 2 saturated heterocycles. The zero-order valence-electron chi connectivity index (χ0n) is 14.1. The quantitative estimate of drug-likeness (QED) is 0.838. The second-order valence-corrected chi connectivity index (χ2v) is 8.04. The van der Waals surface area contributed by atoms with Crippen LogP contribution in [0.25, 0.3) is 0 Å². The van der Waals surface area contributed by atoms with Crippen LogP contribution in [0.5, 0.6) is 0 Å². The van der Waals surface area contributed by atoms with Gasteiger partial charge in [0.15, 0.2) is 0 Å². The van der Waals surface area contributed by atoms with Gasteiger partial charge in [0.1, 0.15) is 5.82 Å². The zero-order valence-corrected chi connectivity index (χ0v) is 14.9. The van der Waals surface area contributed by atoms with Gasteiger partial charge in [0.2, 0.25) is 0 Å². The highest BCUT2D eigenvalue weighted by atomic mass is 32.1. The van der Waals surface area contributed by atoms with Gasteiger partial charge in [-0.1, -0.05) is 6.07 Å². The van der Waals surface area contributed by atoms with Crippen molar-refractivity contribution in [3.63, 3.8) is 0 Å². The minimum Gasteiger partial charge on any atom is -0.356 e. The summed E-state index contributed by atoms with van der Waals surface area (Å²) in [6.07, 6.45) is 5.35. The third-order valence-corrected chi connectivity index (χ3v) is 6.42. The summed E-state index contributed by atoms with van der Waals surface area (Å²) in [5.41, 5.74) is 1.33. The normalized spacial score (nSPS) is 23.9. The Bertz CT molecular complexity index is 729. The Labute approximate surface area is 147 Å². The molecule has 0 radical (unpaired) electrons. The number of nitrogens with zero attached hydrogens (tertiary/aromatic N) is 3. The van der Waals surface area contributed by atoms with Gasteiger partial charge in [-0.2, -0.15) is 0 Å². The summed E-state index contributed by atoms with van der Waals surface area (Å²) in [7, 11) is 0. The van der Waals surface area contributed by atoms with Crippen molar-refractivity contribution in [3.05, 3.63) is 46.3 Å². The molecule has 2 fully saturated rings. The first-order valence-corrected chi connectivity index (χ1v) is 9.54. The second-order valence-electron chi connectivity index (χ2n) is 7.12. The average molecular weight is 341 g/mol. The number of amides is 1. The molecule has 0 aliphatic carbocycles. The van der Waals surface area contributed by atoms with Crippen LogP contribution in [0.1, 0.15) is 34.5 Å². The molecule has 5 heteroatoms. The molecule has 4 rings (SSSR count). The number of thiophene rings is 1. The van der Waals surface area contributed by atoms with Crippen LogP contribution in [-0.2, 0) is 0 Å². The van der Waals surface area contributed by atoms with Crippen LogP contribution in [0, 0.1) is 12.3 Å². The van der Waals surface area contributed by atoms with E-state index in [-0.39, 0.29) is 11.3 Å². The standard InChI is InChI=1S/C19H23N3OS/c1-15-6-12-24-17(15)18(23)22-11-8-19(14-22)7-4-10-21(13-19)16-5-2-3-9-20-16/h2-3,5-6,9,12H,4,7-8,10-11,13-14H2,1H3/t19-/m1/s1. The number of rotatable bonds is 2. The number of carbonyl (C=O) groups is 1. The third kappa shape index (κ3) is 2.81. The van der Waals surface area contributed by atoms with E-state index in [9.17, 15) is 4.79 Å². The van der Waals surface area contributed by atoms with Gasteiger partial charge in [-0.3, -0.25) is 4.79 Å². The first kappa shape index (κ1) is 15.6. The molecule has 24 heavy (non-hydrogen) atoms. The summed E-state index contributed by atoms with van der Waals surface area (Å²) in [4.78, 5) is 22.7. The van der Waals surface area contributed by atoms with Crippen LogP contribution in [-0.4, -0.2) is 42.0 Å². The molecular weight excluding hydrogens is 318 g/mol. The fraction of sp³-hybridized carbons (Fsp3) is 0.474. The lowest BCUT2D eigenvalue weighted by atomic mass is 9.79. The fourth-order valence-electron chi connectivity index (χ4n) is 4.12. The maximum atomic E-state index is 12.8. The van der Waals surface area contributed by atoms with E-state index in [1.807, 2.05) is 36.7 Å². The monoisotopic (exact) mass is 341 g/mol. The Morgan fingerprint density at radius 1 is 1.21 bits per heavy atom. The van der Waals surface area contributed by atoms with E-state index < -0.39 is 0 Å². The Morgan fingerprint density at radius 2 is 2.12 bits per heavy atom. The van der Waals surface area contributed by atoms with Crippen LogP contribution >= 0.6 is 11.3 Å². The van der Waals surface area contributed by atoms with E-state index in [2.05, 4.69) is 20.9 Å². The van der Waals surface area contributed by atoms with Crippen molar-refractivity contribution in [1.29, 1.82) is 0 Å². The number of anilines is 1. The van der Waals surface area contributed by atoms with Gasteiger partial charge in [0, 0.05) is 37.8 Å². The first-order valence-electron chi connectivity index (χ1n) is 8.66. The molecule has 2 aromatic heterocycles. The van der Waals surface area contributed by atoms with Gasteiger partial charge in [-0.05, 0) is 55.3 Å². The van der Waals surface area contributed by atoms with E-state index in [0.717, 1.165) is 48.9 Å². The number of carbonyl (C=O) groups excluding carboxylic acids is 1. The van der Waals surface area contributed by atoms with Gasteiger partial charge in [-0.15, -0.1) is 11.3 Å². The molecule has 1 amide bonds. The fourth-order valence-corrected chi connectivity index (χ4v) is 5.01. The minimum atomic E-state index is 0.217. The topological polar surface area (TPSA) is 36.4 Å². The number of hydrogen-bond acceptors (Lipinski definition) is 4. The lowest BCUT2D eigenvalue weighted by Gasteiger charge is -2.41. The molecule has 0 N–H and O–H groups in total. The molecule has 4 heterocycles. The predicted molar refractivity (Wildman–Crippen MR) is 97.7 cm³/mol. The van der Waals surface area contributed by atoms with Crippen molar-refractivity contribution in [2.75, 3.05) is 31.1 Å². The molecule has 0 aromatic carbocycles. The predicted octanol–water partition coefficient (Wildman–Crippen LogP) is 3.58. The summed E-state index contributed by atoms with van der Waals surface area (Å²) in [5.74, 6) is 1.28. The van der Waals surface area contributed by atoms with Gasteiger partial charge in [0.25, 0.3) is 5.91 Å². The summed E-state index contributed by atoms with van der Waals surface area (Å²) in [6.45, 7) is 5.87. The number of aromatic nitrogens is 1. The van der Waals surface area contributed by atoms with Crippen LogP contribution in [0.3, 0.4) is 0 Å².